The van der Waals surface area contributed by atoms with Crippen molar-refractivity contribution in [3.63, 3.8) is 0 Å². The lowest BCUT2D eigenvalue weighted by molar-refractivity contribution is -0.190. The quantitative estimate of drug-likeness (QED) is 0.446. The Morgan fingerprint density at radius 3 is 2.16 bits per heavy atom. The number of ether oxygens (including phenoxy) is 1. The Kier molecular flexibility index (Phi) is 6.95. The highest BCUT2D eigenvalue weighted by atomic mass is 16.5. The van der Waals surface area contributed by atoms with Crippen molar-refractivity contribution in [3.05, 3.63) is 72.1 Å². The second-order valence-electron chi connectivity index (χ2n) is 7.64. The second kappa shape index (κ2) is 10.0. The minimum atomic E-state index is -1.24. The highest BCUT2D eigenvalue weighted by molar-refractivity contribution is 5.07. The van der Waals surface area contributed by atoms with Gasteiger partial charge in [0.2, 0.25) is 0 Å². The smallest absolute Gasteiger partial charge is 0.111 e. The van der Waals surface area contributed by atoms with Crippen LogP contribution in [0.5, 0.6) is 0 Å². The number of hydrogen-bond donors (Lipinski definition) is 3. The average Bonchev–Trinajstić information content (AvgIpc) is 3.22. The van der Waals surface area contributed by atoms with E-state index in [-0.39, 0.29) is 13.2 Å². The maximum atomic E-state index is 10.1. The van der Waals surface area contributed by atoms with Crippen molar-refractivity contribution >= 4 is 0 Å². The molecule has 10 heteroatoms. The van der Waals surface area contributed by atoms with Crippen LogP contribution in [0.25, 0.3) is 0 Å². The number of pyridine rings is 2. The van der Waals surface area contributed by atoms with Crippen molar-refractivity contribution in [2.24, 2.45) is 0 Å². The van der Waals surface area contributed by atoms with E-state index < -0.39 is 24.4 Å². The third-order valence-electron chi connectivity index (χ3n) is 5.17. The van der Waals surface area contributed by atoms with Gasteiger partial charge >= 0.3 is 0 Å². The molecule has 4 heterocycles. The van der Waals surface area contributed by atoms with Crippen molar-refractivity contribution in [3.8, 4) is 0 Å². The third-order valence-corrected chi connectivity index (χ3v) is 5.17. The molecule has 0 saturated carbocycles. The van der Waals surface area contributed by atoms with Crippen LogP contribution in [0.15, 0.2) is 55.0 Å². The lowest BCUT2D eigenvalue weighted by Crippen LogP contribution is -2.54. The first-order valence-electron chi connectivity index (χ1n) is 10.2. The lowest BCUT2D eigenvalue weighted by Gasteiger charge is -2.35. The maximum absolute atomic E-state index is 10.1. The molecule has 164 valence electrons. The summed E-state index contributed by atoms with van der Waals surface area (Å²) in [6.45, 7) is 1.96. The molecule has 4 rings (SSSR count). The lowest BCUT2D eigenvalue weighted by atomic mass is 10.0. The molecule has 0 amide bonds. The van der Waals surface area contributed by atoms with Crippen molar-refractivity contribution in [1.29, 1.82) is 0 Å². The van der Waals surface area contributed by atoms with Gasteiger partial charge in [0.05, 0.1) is 30.2 Å². The minimum Gasteiger partial charge on any atom is -0.388 e. The maximum Gasteiger partial charge on any atom is 0.111 e. The summed E-state index contributed by atoms with van der Waals surface area (Å²) in [5.74, 6) is 0. The molecule has 0 aliphatic carbocycles. The van der Waals surface area contributed by atoms with Gasteiger partial charge in [-0.25, -0.2) is 4.68 Å². The summed E-state index contributed by atoms with van der Waals surface area (Å²) < 4.78 is 7.03. The summed E-state index contributed by atoms with van der Waals surface area (Å²) in [5.41, 5.74) is 2.63. The zero-order valence-electron chi connectivity index (χ0n) is 17.0. The van der Waals surface area contributed by atoms with Gasteiger partial charge in [0.15, 0.2) is 0 Å². The number of nitrogens with zero attached hydrogens (tertiary/aromatic N) is 6. The van der Waals surface area contributed by atoms with Crippen LogP contribution in [-0.4, -0.2) is 76.2 Å². The SMILES string of the molecule is O[C@@H]1[C@H](O)[C@@H](O)CO[C@@H]1Cn1cc(CN(Cc2ccccn2)Cc2ccccn2)nn1. The van der Waals surface area contributed by atoms with Crippen LogP contribution in [0, 0.1) is 0 Å². The molecule has 0 aromatic carbocycles. The zero-order valence-corrected chi connectivity index (χ0v) is 17.0. The van der Waals surface area contributed by atoms with E-state index in [4.69, 9.17) is 4.74 Å². The molecule has 3 aromatic rings. The van der Waals surface area contributed by atoms with Crippen LogP contribution in [0.1, 0.15) is 17.1 Å². The van der Waals surface area contributed by atoms with Crippen LogP contribution in [-0.2, 0) is 30.9 Å². The van der Waals surface area contributed by atoms with E-state index in [1.54, 1.807) is 23.3 Å². The molecule has 1 aliphatic heterocycles. The van der Waals surface area contributed by atoms with Crippen LogP contribution in [0.2, 0.25) is 0 Å². The largest absolute Gasteiger partial charge is 0.388 e. The van der Waals surface area contributed by atoms with Gasteiger partial charge in [-0.2, -0.15) is 0 Å². The molecule has 1 fully saturated rings. The molecule has 1 saturated heterocycles. The van der Waals surface area contributed by atoms with Crippen LogP contribution in [0.3, 0.4) is 0 Å². The predicted molar refractivity (Wildman–Crippen MR) is 109 cm³/mol. The fourth-order valence-corrected chi connectivity index (χ4v) is 3.55. The Morgan fingerprint density at radius 1 is 0.903 bits per heavy atom. The number of rotatable bonds is 8. The molecule has 31 heavy (non-hydrogen) atoms. The van der Waals surface area contributed by atoms with Gasteiger partial charge in [-0.15, -0.1) is 5.10 Å². The Labute approximate surface area is 179 Å². The standard InChI is InChI=1S/C21H26N6O4/c28-18-14-31-19(21(30)20(18)29)13-27-12-17(24-25-27)11-26(9-15-5-1-3-7-22-15)10-16-6-2-4-8-23-16/h1-8,12,18-21,28-30H,9-11,13-14H2/t18-,19+,20+,21-/m0/s1. The molecule has 3 N–H and O–H groups in total. The first kappa shape index (κ1) is 21.5. The van der Waals surface area contributed by atoms with Crippen molar-refractivity contribution in [2.45, 2.75) is 50.6 Å². The number of hydrogen-bond acceptors (Lipinski definition) is 9. The molecule has 0 radical (unpaired) electrons. The number of aliphatic hydroxyl groups excluding tert-OH is 3. The highest BCUT2D eigenvalue weighted by Gasteiger charge is 2.37. The number of aliphatic hydroxyl groups is 3. The summed E-state index contributed by atoms with van der Waals surface area (Å²) in [6.07, 6.45) is 1.12. The first-order chi connectivity index (χ1) is 15.1. The summed E-state index contributed by atoms with van der Waals surface area (Å²) in [5, 5.41) is 38.0. The Bertz CT molecular complexity index is 900. The normalized spacial score (nSPS) is 23.9. The summed E-state index contributed by atoms with van der Waals surface area (Å²) in [4.78, 5) is 11.0. The molecular weight excluding hydrogens is 400 g/mol. The van der Waals surface area contributed by atoms with Gasteiger partial charge in [-0.1, -0.05) is 17.3 Å². The average molecular weight is 426 g/mol. The fraction of sp³-hybridized carbons (Fsp3) is 0.429. The Morgan fingerprint density at radius 2 is 1.55 bits per heavy atom. The van der Waals surface area contributed by atoms with Crippen molar-refractivity contribution in [2.75, 3.05) is 6.61 Å². The highest BCUT2D eigenvalue weighted by Crippen LogP contribution is 2.17. The van der Waals surface area contributed by atoms with E-state index in [1.165, 1.54) is 0 Å². The van der Waals surface area contributed by atoms with Gasteiger partial charge in [0, 0.05) is 38.2 Å². The third kappa shape index (κ3) is 5.69. The van der Waals surface area contributed by atoms with E-state index in [9.17, 15) is 15.3 Å². The van der Waals surface area contributed by atoms with Crippen molar-refractivity contribution < 1.29 is 20.1 Å². The molecule has 4 atom stereocenters. The fourth-order valence-electron chi connectivity index (χ4n) is 3.55. The zero-order chi connectivity index (χ0) is 21.6. The van der Waals surface area contributed by atoms with E-state index in [0.29, 0.717) is 19.6 Å². The van der Waals surface area contributed by atoms with Crippen molar-refractivity contribution in [1.82, 2.24) is 29.9 Å². The first-order valence-corrected chi connectivity index (χ1v) is 10.2. The van der Waals surface area contributed by atoms with E-state index in [0.717, 1.165) is 17.1 Å². The predicted octanol–water partition coefficient (Wildman–Crippen LogP) is -0.248. The Balaban J connectivity index is 1.42. The van der Waals surface area contributed by atoms with Crippen LogP contribution in [0.4, 0.5) is 0 Å². The monoisotopic (exact) mass is 426 g/mol. The van der Waals surface area contributed by atoms with E-state index >= 15 is 0 Å². The molecule has 0 bridgehead atoms. The molecule has 0 spiro atoms. The minimum absolute atomic E-state index is 0.0353. The van der Waals surface area contributed by atoms with Gasteiger partial charge in [0.25, 0.3) is 0 Å². The summed E-state index contributed by atoms with van der Waals surface area (Å²) in [7, 11) is 0. The second-order valence-corrected chi connectivity index (χ2v) is 7.64. The molecular formula is C21H26N6O4. The van der Waals surface area contributed by atoms with Crippen LogP contribution < -0.4 is 0 Å². The van der Waals surface area contributed by atoms with Gasteiger partial charge in [0.1, 0.15) is 24.4 Å². The Hall–Kier alpha value is -2.76. The molecule has 0 unspecified atom stereocenters. The van der Waals surface area contributed by atoms with Crippen LogP contribution >= 0.6 is 0 Å². The molecule has 1 aliphatic rings. The molecule has 3 aromatic heterocycles. The summed E-state index contributed by atoms with van der Waals surface area (Å²) in [6, 6.07) is 11.6. The molecule has 10 nitrogen and oxygen atoms in total. The van der Waals surface area contributed by atoms with Gasteiger partial charge < -0.3 is 20.1 Å². The van der Waals surface area contributed by atoms with E-state index in [2.05, 4.69) is 25.2 Å². The van der Waals surface area contributed by atoms with Gasteiger partial charge in [-0.3, -0.25) is 14.9 Å². The van der Waals surface area contributed by atoms with E-state index in [1.807, 2.05) is 36.4 Å². The van der Waals surface area contributed by atoms with Gasteiger partial charge in [-0.05, 0) is 24.3 Å². The summed E-state index contributed by atoms with van der Waals surface area (Å²) >= 11 is 0. The number of aromatic nitrogens is 5. The topological polar surface area (TPSA) is 130 Å².